The molecule has 0 aliphatic rings. The highest BCUT2D eigenvalue weighted by atomic mass is 16.5. The van der Waals surface area contributed by atoms with Crippen molar-refractivity contribution < 1.29 is 4.52 Å². The molecular formula is C27H25NO. The largest absolute Gasteiger partial charge is 0.355 e. The minimum Gasteiger partial charge on any atom is -0.355 e. The van der Waals surface area contributed by atoms with Gasteiger partial charge in [-0.3, -0.25) is 0 Å². The lowest BCUT2D eigenvalue weighted by Gasteiger charge is -2.08. The van der Waals surface area contributed by atoms with Crippen molar-refractivity contribution in [3.05, 3.63) is 108 Å². The van der Waals surface area contributed by atoms with Gasteiger partial charge in [-0.15, -0.1) is 0 Å². The van der Waals surface area contributed by atoms with Crippen molar-refractivity contribution in [1.82, 2.24) is 5.16 Å². The van der Waals surface area contributed by atoms with E-state index >= 15 is 0 Å². The van der Waals surface area contributed by atoms with Crippen molar-refractivity contribution in [3.8, 4) is 22.5 Å². The summed E-state index contributed by atoms with van der Waals surface area (Å²) in [6.07, 6.45) is 5.34. The monoisotopic (exact) mass is 379 g/mol. The van der Waals surface area contributed by atoms with Crippen LogP contribution in [-0.4, -0.2) is 5.16 Å². The number of rotatable bonds is 6. The van der Waals surface area contributed by atoms with Gasteiger partial charge in [-0.25, -0.2) is 0 Å². The topological polar surface area (TPSA) is 26.0 Å². The van der Waals surface area contributed by atoms with Gasteiger partial charge in [-0.05, 0) is 36.0 Å². The molecule has 0 saturated heterocycles. The molecule has 2 heteroatoms. The fourth-order valence-corrected chi connectivity index (χ4v) is 3.53. The molecular weight excluding hydrogens is 354 g/mol. The molecule has 0 spiro atoms. The Morgan fingerprint density at radius 3 is 2.07 bits per heavy atom. The van der Waals surface area contributed by atoms with Gasteiger partial charge in [0.1, 0.15) is 0 Å². The average Bonchev–Trinajstić information content (AvgIpc) is 3.15. The van der Waals surface area contributed by atoms with E-state index in [1.807, 2.05) is 13.0 Å². The maximum Gasteiger partial charge on any atom is 0.174 e. The van der Waals surface area contributed by atoms with Crippen molar-refractivity contribution in [2.24, 2.45) is 0 Å². The Bertz CT molecular complexity index is 1080. The number of hydrogen-bond acceptors (Lipinski definition) is 2. The Morgan fingerprint density at radius 2 is 1.38 bits per heavy atom. The molecule has 4 rings (SSSR count). The van der Waals surface area contributed by atoms with E-state index < -0.39 is 0 Å². The third kappa shape index (κ3) is 4.38. The third-order valence-corrected chi connectivity index (χ3v) is 5.31. The van der Waals surface area contributed by atoms with Gasteiger partial charge in [0.2, 0.25) is 0 Å². The summed E-state index contributed by atoms with van der Waals surface area (Å²) >= 11 is 0. The zero-order chi connectivity index (χ0) is 20.1. The van der Waals surface area contributed by atoms with E-state index in [1.165, 1.54) is 16.7 Å². The van der Waals surface area contributed by atoms with E-state index in [0.717, 1.165) is 29.0 Å². The van der Waals surface area contributed by atoms with Crippen LogP contribution in [0.2, 0.25) is 0 Å². The Hall–Kier alpha value is -3.39. The lowest BCUT2D eigenvalue weighted by Crippen LogP contribution is -1.90. The summed E-state index contributed by atoms with van der Waals surface area (Å²) in [5.41, 5.74) is 6.77. The van der Waals surface area contributed by atoms with Crippen LogP contribution in [0, 0.1) is 6.92 Å². The molecule has 2 nitrogen and oxygen atoms in total. The van der Waals surface area contributed by atoms with Gasteiger partial charge in [-0.1, -0.05) is 109 Å². The number of nitrogens with zero attached hydrogens (tertiary/aromatic N) is 1. The highest BCUT2D eigenvalue weighted by Crippen LogP contribution is 2.30. The first kappa shape index (κ1) is 18.9. The number of aromatic nitrogens is 1. The molecule has 4 aromatic rings. The Morgan fingerprint density at radius 1 is 0.793 bits per heavy atom. The predicted molar refractivity (Wildman–Crippen MR) is 121 cm³/mol. The van der Waals surface area contributed by atoms with Gasteiger partial charge in [0.15, 0.2) is 5.76 Å². The van der Waals surface area contributed by atoms with Crippen LogP contribution < -0.4 is 0 Å². The first-order valence-electron chi connectivity index (χ1n) is 10.1. The standard InChI is InChI=1S/C27H25NO/c1-20(22-11-5-3-6-12-22)10-9-15-26-21(2)28-29-27(26)25-18-16-24(17-19-25)23-13-7-4-8-14-23/h3-9,11-20H,10H2,1-2H3/b15-9+. The maximum atomic E-state index is 5.67. The molecule has 0 saturated carbocycles. The van der Waals surface area contributed by atoms with Crippen LogP contribution in [0.4, 0.5) is 0 Å². The molecule has 0 fully saturated rings. The number of aryl methyl sites for hydroxylation is 1. The molecule has 0 aliphatic heterocycles. The van der Waals surface area contributed by atoms with Crippen molar-refractivity contribution >= 4 is 6.08 Å². The van der Waals surface area contributed by atoms with Crippen LogP contribution in [0.5, 0.6) is 0 Å². The van der Waals surface area contributed by atoms with Crippen molar-refractivity contribution in [1.29, 1.82) is 0 Å². The predicted octanol–water partition coefficient (Wildman–Crippen LogP) is 7.52. The molecule has 0 bridgehead atoms. The van der Waals surface area contributed by atoms with Crippen LogP contribution in [0.25, 0.3) is 28.5 Å². The smallest absolute Gasteiger partial charge is 0.174 e. The average molecular weight is 380 g/mol. The molecule has 0 radical (unpaired) electrons. The highest BCUT2D eigenvalue weighted by molar-refractivity contribution is 5.74. The maximum absolute atomic E-state index is 5.67. The quantitative estimate of drug-likeness (QED) is 0.346. The number of allylic oxidation sites excluding steroid dienone is 1. The van der Waals surface area contributed by atoms with Crippen LogP contribution in [0.1, 0.15) is 36.1 Å². The van der Waals surface area contributed by atoms with Gasteiger partial charge in [-0.2, -0.15) is 0 Å². The summed E-state index contributed by atoms with van der Waals surface area (Å²) in [6.45, 7) is 4.25. The molecule has 29 heavy (non-hydrogen) atoms. The molecule has 1 aromatic heterocycles. The van der Waals surface area contributed by atoms with Crippen LogP contribution in [0.3, 0.4) is 0 Å². The summed E-state index contributed by atoms with van der Waals surface area (Å²) in [4.78, 5) is 0. The van der Waals surface area contributed by atoms with Crippen LogP contribution in [-0.2, 0) is 0 Å². The Balaban J connectivity index is 1.53. The first-order valence-corrected chi connectivity index (χ1v) is 10.1. The second-order valence-electron chi connectivity index (χ2n) is 7.40. The second kappa shape index (κ2) is 8.74. The number of hydrogen-bond donors (Lipinski definition) is 0. The number of benzene rings is 3. The molecule has 3 aromatic carbocycles. The van der Waals surface area contributed by atoms with Gasteiger partial charge in [0.05, 0.1) is 5.69 Å². The van der Waals surface area contributed by atoms with E-state index in [-0.39, 0.29) is 0 Å². The van der Waals surface area contributed by atoms with Crippen LogP contribution in [0.15, 0.2) is 95.5 Å². The van der Waals surface area contributed by atoms with E-state index in [4.69, 9.17) is 4.52 Å². The van der Waals surface area contributed by atoms with Gasteiger partial charge >= 0.3 is 0 Å². The second-order valence-corrected chi connectivity index (χ2v) is 7.40. The zero-order valence-corrected chi connectivity index (χ0v) is 16.9. The molecule has 0 aliphatic carbocycles. The fraction of sp³-hybridized carbons (Fsp3) is 0.148. The molecule has 1 unspecified atom stereocenters. The summed E-state index contributed by atoms with van der Waals surface area (Å²) in [7, 11) is 0. The zero-order valence-electron chi connectivity index (χ0n) is 16.9. The summed E-state index contributed by atoms with van der Waals surface area (Å²) < 4.78 is 5.67. The van der Waals surface area contributed by atoms with E-state index in [1.54, 1.807) is 0 Å². The molecule has 144 valence electrons. The normalized spacial score (nSPS) is 12.3. The van der Waals surface area contributed by atoms with E-state index in [0.29, 0.717) is 5.92 Å². The highest BCUT2D eigenvalue weighted by Gasteiger charge is 2.13. The summed E-state index contributed by atoms with van der Waals surface area (Å²) in [6, 6.07) is 29.5. The van der Waals surface area contributed by atoms with Crippen molar-refractivity contribution in [3.63, 3.8) is 0 Å². The summed E-state index contributed by atoms with van der Waals surface area (Å²) in [5.74, 6) is 1.30. The molecule has 0 amide bonds. The minimum atomic E-state index is 0.473. The van der Waals surface area contributed by atoms with Gasteiger partial charge in [0.25, 0.3) is 0 Å². The Labute approximate surface area is 172 Å². The van der Waals surface area contributed by atoms with Gasteiger partial charge < -0.3 is 4.52 Å². The van der Waals surface area contributed by atoms with E-state index in [9.17, 15) is 0 Å². The third-order valence-electron chi connectivity index (χ3n) is 5.31. The molecule has 1 heterocycles. The summed E-state index contributed by atoms with van der Waals surface area (Å²) in [5, 5.41) is 4.20. The van der Waals surface area contributed by atoms with Crippen molar-refractivity contribution in [2.75, 3.05) is 0 Å². The lowest BCUT2D eigenvalue weighted by molar-refractivity contribution is 0.427. The first-order chi connectivity index (χ1) is 14.2. The Kier molecular flexibility index (Phi) is 5.71. The van der Waals surface area contributed by atoms with Crippen LogP contribution >= 0.6 is 0 Å². The lowest BCUT2D eigenvalue weighted by atomic mass is 9.97. The van der Waals surface area contributed by atoms with Crippen molar-refractivity contribution in [2.45, 2.75) is 26.2 Å². The molecule has 1 atom stereocenters. The fourth-order valence-electron chi connectivity index (χ4n) is 3.53. The SMILES string of the molecule is Cc1noc(-c2ccc(-c3ccccc3)cc2)c1/C=C/CC(C)c1ccccc1. The minimum absolute atomic E-state index is 0.473. The van der Waals surface area contributed by atoms with E-state index in [2.05, 4.69) is 103 Å². The molecule has 0 N–H and O–H groups in total. The van der Waals surface area contributed by atoms with Gasteiger partial charge in [0, 0.05) is 11.1 Å².